The van der Waals surface area contributed by atoms with Crippen LogP contribution in [0.2, 0.25) is 0 Å². The molecule has 0 amide bonds. The lowest BCUT2D eigenvalue weighted by molar-refractivity contribution is -0.00836. The number of hydrogen-bond acceptors (Lipinski definition) is 5. The van der Waals surface area contributed by atoms with Crippen LogP contribution in [0.15, 0.2) is 52.1 Å². The topological polar surface area (TPSA) is 62.5 Å². The largest absolute Gasteiger partial charge is 0.469 e. The van der Waals surface area contributed by atoms with E-state index in [1.54, 1.807) is 6.26 Å². The Morgan fingerprint density at radius 1 is 1.09 bits per heavy atom. The summed E-state index contributed by atoms with van der Waals surface area (Å²) < 4.78 is 17.1. The molecule has 0 spiro atoms. The Bertz CT molecular complexity index is 840. The van der Waals surface area contributed by atoms with Gasteiger partial charge in [-0.2, -0.15) is 0 Å². The van der Waals surface area contributed by atoms with Crippen molar-refractivity contribution in [3.63, 3.8) is 0 Å². The lowest BCUT2D eigenvalue weighted by atomic mass is 10.0. The van der Waals surface area contributed by atoms with Crippen LogP contribution < -0.4 is 5.32 Å². The summed E-state index contributed by atoms with van der Waals surface area (Å²) in [5, 5.41) is 3.58. The molecule has 2 aromatic rings. The number of morpholine rings is 2. The number of halogens is 1. The van der Waals surface area contributed by atoms with Crippen LogP contribution in [-0.4, -0.2) is 81.4 Å². The Kier molecular flexibility index (Phi) is 11.0. The van der Waals surface area contributed by atoms with Gasteiger partial charge in [0, 0.05) is 45.7 Å². The van der Waals surface area contributed by atoms with E-state index < -0.39 is 0 Å². The van der Waals surface area contributed by atoms with Crippen LogP contribution >= 0.6 is 24.0 Å². The van der Waals surface area contributed by atoms with Gasteiger partial charge in [0.05, 0.1) is 32.6 Å². The minimum absolute atomic E-state index is 0. The van der Waals surface area contributed by atoms with Gasteiger partial charge in [-0.15, -0.1) is 24.0 Å². The molecule has 1 aromatic carbocycles. The third-order valence-corrected chi connectivity index (χ3v) is 6.13. The van der Waals surface area contributed by atoms with Crippen molar-refractivity contribution in [1.29, 1.82) is 0 Å². The van der Waals surface area contributed by atoms with Gasteiger partial charge in [0.15, 0.2) is 5.96 Å². The first kappa shape index (κ1) is 26.0. The van der Waals surface area contributed by atoms with Crippen molar-refractivity contribution < 1.29 is 13.9 Å². The third-order valence-electron chi connectivity index (χ3n) is 6.13. The van der Waals surface area contributed by atoms with Gasteiger partial charge in [-0.05, 0) is 36.6 Å². The molecule has 1 aromatic heterocycles. The van der Waals surface area contributed by atoms with Crippen LogP contribution in [0, 0.1) is 6.92 Å². The molecule has 182 valence electrons. The fraction of sp³-hybridized carbons (Fsp3) is 0.560. The minimum Gasteiger partial charge on any atom is -0.469 e. The molecule has 2 saturated heterocycles. The first-order chi connectivity index (χ1) is 15.8. The molecule has 0 aliphatic carbocycles. The van der Waals surface area contributed by atoms with E-state index >= 15 is 0 Å². The maximum absolute atomic E-state index is 6.14. The van der Waals surface area contributed by atoms with Crippen LogP contribution in [-0.2, 0) is 15.9 Å². The number of nitrogens with zero attached hydrogens (tertiary/aromatic N) is 3. The first-order valence-electron chi connectivity index (χ1n) is 11.8. The van der Waals surface area contributed by atoms with Gasteiger partial charge in [0.2, 0.25) is 0 Å². The second-order valence-electron chi connectivity index (χ2n) is 8.43. The standard InChI is InChI=1S/C25H36N4O3.HI/c1-21-6-2-3-8-23(21)24-20-29(15-19-32-24)25(27-11-9-22-7-4-16-31-22)26-10-5-12-28-13-17-30-18-14-28;/h2-4,6-8,16,24H,5,9-15,17-20H2,1H3,(H,26,27);1H. The molecular weight excluding hydrogens is 531 g/mol. The summed E-state index contributed by atoms with van der Waals surface area (Å²) in [5.74, 6) is 1.96. The monoisotopic (exact) mass is 568 g/mol. The number of guanidine groups is 1. The van der Waals surface area contributed by atoms with Crippen LogP contribution in [0.3, 0.4) is 0 Å². The van der Waals surface area contributed by atoms with E-state index in [1.165, 1.54) is 11.1 Å². The number of rotatable bonds is 8. The van der Waals surface area contributed by atoms with E-state index in [1.807, 2.05) is 12.1 Å². The SMILES string of the molecule is Cc1ccccc1C1CN(C(=NCCCN2CCOCC2)NCCc2ccco2)CCO1.I. The fourth-order valence-corrected chi connectivity index (χ4v) is 4.30. The molecule has 2 aliphatic heterocycles. The molecule has 1 unspecified atom stereocenters. The Balaban J connectivity index is 0.00000306. The summed E-state index contributed by atoms with van der Waals surface area (Å²) in [6.07, 6.45) is 3.68. The van der Waals surface area contributed by atoms with Gasteiger partial charge < -0.3 is 24.1 Å². The quantitative estimate of drug-likeness (QED) is 0.228. The predicted molar refractivity (Wildman–Crippen MR) is 141 cm³/mol. The van der Waals surface area contributed by atoms with Crippen molar-refractivity contribution in [3.05, 3.63) is 59.5 Å². The highest BCUT2D eigenvalue weighted by molar-refractivity contribution is 14.0. The van der Waals surface area contributed by atoms with Crippen molar-refractivity contribution >= 4 is 29.9 Å². The van der Waals surface area contributed by atoms with Crippen molar-refractivity contribution in [2.75, 3.05) is 65.6 Å². The lowest BCUT2D eigenvalue weighted by Crippen LogP contribution is -2.48. The van der Waals surface area contributed by atoms with Crippen LogP contribution in [0.4, 0.5) is 0 Å². The second-order valence-corrected chi connectivity index (χ2v) is 8.43. The van der Waals surface area contributed by atoms with Gasteiger partial charge in [0.1, 0.15) is 11.9 Å². The summed E-state index contributed by atoms with van der Waals surface area (Å²) in [5.41, 5.74) is 2.54. The minimum atomic E-state index is 0. The molecule has 0 saturated carbocycles. The lowest BCUT2D eigenvalue weighted by Gasteiger charge is -2.36. The zero-order valence-electron chi connectivity index (χ0n) is 19.6. The van der Waals surface area contributed by atoms with Crippen molar-refractivity contribution in [2.24, 2.45) is 4.99 Å². The molecule has 2 fully saturated rings. The average molecular weight is 569 g/mol. The molecule has 0 bridgehead atoms. The van der Waals surface area contributed by atoms with Gasteiger partial charge in [-0.1, -0.05) is 24.3 Å². The molecule has 1 N–H and O–H groups in total. The molecule has 0 radical (unpaired) electrons. The number of hydrogen-bond donors (Lipinski definition) is 1. The van der Waals surface area contributed by atoms with E-state index in [0.717, 1.165) is 83.6 Å². The molecule has 7 nitrogen and oxygen atoms in total. The first-order valence-corrected chi connectivity index (χ1v) is 11.8. The van der Waals surface area contributed by atoms with E-state index in [0.29, 0.717) is 6.61 Å². The summed E-state index contributed by atoms with van der Waals surface area (Å²) in [6.45, 7) is 10.9. The summed E-state index contributed by atoms with van der Waals surface area (Å²) in [7, 11) is 0. The maximum atomic E-state index is 6.14. The Hall–Kier alpha value is -1.62. The van der Waals surface area contributed by atoms with E-state index in [9.17, 15) is 0 Å². The average Bonchev–Trinajstić information content (AvgIpc) is 3.35. The highest BCUT2D eigenvalue weighted by Gasteiger charge is 2.25. The van der Waals surface area contributed by atoms with Crippen molar-refractivity contribution in [3.8, 4) is 0 Å². The number of furan rings is 1. The highest BCUT2D eigenvalue weighted by Crippen LogP contribution is 2.25. The number of aliphatic imine (C=N–C) groups is 1. The van der Waals surface area contributed by atoms with Crippen molar-refractivity contribution in [2.45, 2.75) is 25.9 Å². The fourth-order valence-electron chi connectivity index (χ4n) is 4.30. The molecule has 33 heavy (non-hydrogen) atoms. The second kappa shape index (κ2) is 13.9. The predicted octanol–water partition coefficient (Wildman–Crippen LogP) is 3.49. The number of benzene rings is 1. The molecule has 1 atom stereocenters. The maximum Gasteiger partial charge on any atom is 0.194 e. The highest BCUT2D eigenvalue weighted by atomic mass is 127. The van der Waals surface area contributed by atoms with Gasteiger partial charge in [-0.3, -0.25) is 9.89 Å². The van der Waals surface area contributed by atoms with Crippen LogP contribution in [0.25, 0.3) is 0 Å². The Morgan fingerprint density at radius 2 is 1.94 bits per heavy atom. The van der Waals surface area contributed by atoms with Crippen molar-refractivity contribution in [1.82, 2.24) is 15.1 Å². The van der Waals surface area contributed by atoms with E-state index in [-0.39, 0.29) is 30.1 Å². The summed E-state index contributed by atoms with van der Waals surface area (Å²) >= 11 is 0. The third kappa shape index (κ3) is 7.98. The van der Waals surface area contributed by atoms with Crippen LogP contribution in [0.1, 0.15) is 29.4 Å². The van der Waals surface area contributed by atoms with Gasteiger partial charge >= 0.3 is 0 Å². The molecule has 4 rings (SSSR count). The number of ether oxygens (including phenoxy) is 2. The van der Waals surface area contributed by atoms with Gasteiger partial charge in [0.25, 0.3) is 0 Å². The summed E-state index contributed by atoms with van der Waals surface area (Å²) in [4.78, 5) is 9.80. The van der Waals surface area contributed by atoms with E-state index in [2.05, 4.69) is 46.3 Å². The molecule has 3 heterocycles. The van der Waals surface area contributed by atoms with Gasteiger partial charge in [-0.25, -0.2) is 0 Å². The molecular formula is C25H37IN4O3. The summed E-state index contributed by atoms with van der Waals surface area (Å²) in [6, 6.07) is 12.4. The smallest absolute Gasteiger partial charge is 0.194 e. The normalized spacial score (nSPS) is 19.8. The number of aryl methyl sites for hydroxylation is 1. The zero-order valence-corrected chi connectivity index (χ0v) is 21.9. The zero-order chi connectivity index (χ0) is 22.0. The Morgan fingerprint density at radius 3 is 2.73 bits per heavy atom. The number of nitrogens with one attached hydrogen (secondary N) is 1. The van der Waals surface area contributed by atoms with Crippen LogP contribution in [0.5, 0.6) is 0 Å². The Labute approximate surface area is 214 Å². The van der Waals surface area contributed by atoms with E-state index in [4.69, 9.17) is 18.9 Å². The molecule has 2 aliphatic rings. The molecule has 8 heteroatoms.